The molecular formula is C14H27NO4. The highest BCUT2D eigenvalue weighted by atomic mass is 16.7. The molecule has 2 unspecified atom stereocenters. The van der Waals surface area contributed by atoms with Crippen molar-refractivity contribution in [3.63, 3.8) is 0 Å². The Labute approximate surface area is 116 Å². The minimum atomic E-state index is -0.357. The number of hydrogen-bond acceptors (Lipinski definition) is 4. The maximum atomic E-state index is 11.9. The number of likely N-dealkylation sites (tertiary alicyclic amines) is 1. The molecular weight excluding hydrogens is 246 g/mol. The average Bonchev–Trinajstić information content (AvgIpc) is 2.44. The van der Waals surface area contributed by atoms with Gasteiger partial charge in [0.1, 0.15) is 13.5 Å². The highest BCUT2D eigenvalue weighted by Gasteiger charge is 2.47. The van der Waals surface area contributed by atoms with Crippen LogP contribution in [0.5, 0.6) is 0 Å². The van der Waals surface area contributed by atoms with E-state index in [2.05, 4.69) is 13.8 Å². The highest BCUT2D eigenvalue weighted by Crippen LogP contribution is 2.29. The van der Waals surface area contributed by atoms with Gasteiger partial charge in [0.25, 0.3) is 5.91 Å². The van der Waals surface area contributed by atoms with Crippen molar-refractivity contribution < 1.29 is 19.0 Å². The van der Waals surface area contributed by atoms with Gasteiger partial charge >= 0.3 is 0 Å². The molecule has 1 aliphatic heterocycles. The highest BCUT2D eigenvalue weighted by molar-refractivity contribution is 5.88. The summed E-state index contributed by atoms with van der Waals surface area (Å²) >= 11 is 0. The molecule has 0 aliphatic carbocycles. The van der Waals surface area contributed by atoms with Crippen LogP contribution in [0.4, 0.5) is 0 Å². The van der Waals surface area contributed by atoms with Crippen LogP contribution in [0.25, 0.3) is 0 Å². The molecule has 0 aromatic heterocycles. The van der Waals surface area contributed by atoms with Gasteiger partial charge in [0.15, 0.2) is 6.10 Å². The summed E-state index contributed by atoms with van der Waals surface area (Å²) in [5.41, 5.74) is 0. The van der Waals surface area contributed by atoms with Gasteiger partial charge < -0.3 is 19.1 Å². The van der Waals surface area contributed by atoms with Crippen LogP contribution in [0.3, 0.4) is 0 Å². The van der Waals surface area contributed by atoms with Crippen molar-refractivity contribution in [2.45, 2.75) is 51.7 Å². The fraction of sp³-hybridized carbons (Fsp3) is 0.929. The van der Waals surface area contributed by atoms with Gasteiger partial charge in [-0.15, -0.1) is 0 Å². The number of methoxy groups -OCH3 is 2. The van der Waals surface area contributed by atoms with Crippen molar-refractivity contribution in [2.24, 2.45) is 5.92 Å². The standard InChI is InChI=1S/C14H27NO4/c1-5-11(6-2)7-8-12-13(19-10-18-4)14(16)15(12)9-17-3/h11-13H,5-10H2,1-4H3. The second-order valence-electron chi connectivity index (χ2n) is 5.05. The van der Waals surface area contributed by atoms with Gasteiger partial charge in [-0.3, -0.25) is 4.79 Å². The maximum Gasteiger partial charge on any atom is 0.256 e. The average molecular weight is 273 g/mol. The van der Waals surface area contributed by atoms with Crippen molar-refractivity contribution in [3.8, 4) is 0 Å². The first kappa shape index (κ1) is 16.4. The number of ether oxygens (including phenoxy) is 3. The van der Waals surface area contributed by atoms with Gasteiger partial charge in [-0.05, 0) is 18.8 Å². The first-order chi connectivity index (χ1) is 9.19. The fourth-order valence-electron chi connectivity index (χ4n) is 2.61. The van der Waals surface area contributed by atoms with Crippen molar-refractivity contribution in [1.82, 2.24) is 4.90 Å². The van der Waals surface area contributed by atoms with Crippen molar-refractivity contribution in [3.05, 3.63) is 0 Å². The zero-order valence-electron chi connectivity index (χ0n) is 12.6. The van der Waals surface area contributed by atoms with Crippen LogP contribution in [-0.4, -0.2) is 50.7 Å². The lowest BCUT2D eigenvalue weighted by atomic mass is 9.88. The van der Waals surface area contributed by atoms with Crippen molar-refractivity contribution >= 4 is 5.91 Å². The van der Waals surface area contributed by atoms with Crippen LogP contribution in [0, 0.1) is 5.92 Å². The molecule has 1 saturated heterocycles. The molecule has 1 rings (SSSR count). The van der Waals surface area contributed by atoms with Crippen LogP contribution in [0.1, 0.15) is 39.5 Å². The van der Waals surface area contributed by atoms with Gasteiger partial charge in [0.2, 0.25) is 0 Å². The summed E-state index contributed by atoms with van der Waals surface area (Å²) in [7, 11) is 3.17. The van der Waals surface area contributed by atoms with E-state index in [1.807, 2.05) is 0 Å². The quantitative estimate of drug-likeness (QED) is 0.451. The Hall–Kier alpha value is -0.650. The number of β-lactam (4-membered cyclic amide) rings is 1. The molecule has 0 saturated carbocycles. The van der Waals surface area contributed by atoms with E-state index in [1.165, 1.54) is 12.8 Å². The summed E-state index contributed by atoms with van der Waals surface area (Å²) in [4.78, 5) is 13.7. The fourth-order valence-corrected chi connectivity index (χ4v) is 2.61. The van der Waals surface area contributed by atoms with Crippen LogP contribution >= 0.6 is 0 Å². The summed E-state index contributed by atoms with van der Waals surface area (Å²) < 4.78 is 15.4. The number of hydrogen-bond donors (Lipinski definition) is 0. The van der Waals surface area contributed by atoms with E-state index in [9.17, 15) is 4.79 Å². The molecule has 0 spiro atoms. The van der Waals surface area contributed by atoms with E-state index in [-0.39, 0.29) is 24.8 Å². The normalized spacial score (nSPS) is 23.0. The predicted octanol–water partition coefficient (Wildman–Crippen LogP) is 2.01. The molecule has 5 nitrogen and oxygen atoms in total. The van der Waals surface area contributed by atoms with Crippen LogP contribution < -0.4 is 0 Å². The molecule has 2 atom stereocenters. The van der Waals surface area contributed by atoms with E-state index in [1.54, 1.807) is 19.1 Å². The Bertz CT molecular complexity index is 268. The number of carbonyl (C=O) groups excluding carboxylic acids is 1. The van der Waals surface area contributed by atoms with Gasteiger partial charge in [-0.25, -0.2) is 0 Å². The Morgan fingerprint density at radius 3 is 2.42 bits per heavy atom. The van der Waals surface area contributed by atoms with Gasteiger partial charge in [0, 0.05) is 14.2 Å². The van der Waals surface area contributed by atoms with E-state index in [0.717, 1.165) is 18.8 Å². The smallest absolute Gasteiger partial charge is 0.256 e. The zero-order valence-corrected chi connectivity index (χ0v) is 12.6. The van der Waals surface area contributed by atoms with Crippen LogP contribution in [-0.2, 0) is 19.0 Å². The third-order valence-electron chi connectivity index (χ3n) is 3.94. The van der Waals surface area contributed by atoms with Crippen LogP contribution in [0.15, 0.2) is 0 Å². The molecule has 1 heterocycles. The summed E-state index contributed by atoms with van der Waals surface area (Å²) in [6, 6.07) is 0.128. The Morgan fingerprint density at radius 2 is 1.89 bits per heavy atom. The molecule has 0 N–H and O–H groups in total. The molecule has 19 heavy (non-hydrogen) atoms. The number of rotatable bonds is 10. The summed E-state index contributed by atoms with van der Waals surface area (Å²) in [6.45, 7) is 4.94. The van der Waals surface area contributed by atoms with E-state index < -0.39 is 0 Å². The Morgan fingerprint density at radius 1 is 1.21 bits per heavy atom. The summed E-state index contributed by atoms with van der Waals surface area (Å²) in [5.74, 6) is 0.733. The summed E-state index contributed by atoms with van der Waals surface area (Å²) in [5, 5.41) is 0. The van der Waals surface area contributed by atoms with Gasteiger partial charge in [-0.2, -0.15) is 0 Å². The lowest BCUT2D eigenvalue weighted by molar-refractivity contribution is -0.197. The predicted molar refractivity (Wildman–Crippen MR) is 72.6 cm³/mol. The first-order valence-electron chi connectivity index (χ1n) is 7.09. The third kappa shape index (κ3) is 4.16. The van der Waals surface area contributed by atoms with E-state index >= 15 is 0 Å². The molecule has 1 aliphatic rings. The maximum absolute atomic E-state index is 11.9. The molecule has 5 heteroatoms. The second-order valence-corrected chi connectivity index (χ2v) is 5.05. The van der Waals surface area contributed by atoms with Gasteiger partial charge in [0.05, 0.1) is 6.04 Å². The minimum absolute atomic E-state index is 0.00782. The lowest BCUT2D eigenvalue weighted by Crippen LogP contribution is -2.66. The first-order valence-corrected chi connectivity index (χ1v) is 7.09. The number of amides is 1. The van der Waals surface area contributed by atoms with Gasteiger partial charge in [-0.1, -0.05) is 26.7 Å². The Balaban J connectivity index is 2.49. The number of carbonyl (C=O) groups is 1. The third-order valence-corrected chi connectivity index (χ3v) is 3.94. The van der Waals surface area contributed by atoms with Crippen LogP contribution in [0.2, 0.25) is 0 Å². The SMILES string of the molecule is CCC(CC)CCC1C(OCOC)C(=O)N1COC. The van der Waals surface area contributed by atoms with Crippen molar-refractivity contribution in [2.75, 3.05) is 27.7 Å². The largest absolute Gasteiger partial charge is 0.364 e. The van der Waals surface area contributed by atoms with E-state index in [0.29, 0.717) is 6.73 Å². The molecule has 1 amide bonds. The molecule has 0 radical (unpaired) electrons. The topological polar surface area (TPSA) is 48.0 Å². The molecule has 112 valence electrons. The monoisotopic (exact) mass is 273 g/mol. The minimum Gasteiger partial charge on any atom is -0.364 e. The van der Waals surface area contributed by atoms with E-state index in [4.69, 9.17) is 14.2 Å². The molecule has 0 bridgehead atoms. The number of nitrogens with zero attached hydrogens (tertiary/aromatic N) is 1. The molecule has 1 fully saturated rings. The zero-order chi connectivity index (χ0) is 14.3. The molecule has 0 aromatic rings. The molecule has 0 aromatic carbocycles. The lowest BCUT2D eigenvalue weighted by Gasteiger charge is -2.46. The second kappa shape index (κ2) is 8.51. The Kier molecular flexibility index (Phi) is 7.34. The summed E-state index contributed by atoms with van der Waals surface area (Å²) in [6.07, 6.45) is 4.11. The van der Waals surface area contributed by atoms with Crippen molar-refractivity contribution in [1.29, 1.82) is 0 Å².